The van der Waals surface area contributed by atoms with Crippen LogP contribution in [0.1, 0.15) is 98.8 Å². The van der Waals surface area contributed by atoms with E-state index in [0.717, 1.165) is 32.1 Å². The average Bonchev–Trinajstić information content (AvgIpc) is 3.11. The average molecular weight is 449 g/mol. The van der Waals surface area contributed by atoms with Crippen molar-refractivity contribution in [2.75, 3.05) is 6.61 Å². The second kappa shape index (κ2) is 9.21. The maximum atomic E-state index is 11.9. The van der Waals surface area contributed by atoms with Gasteiger partial charge >= 0.3 is 5.97 Å². The van der Waals surface area contributed by atoms with Crippen LogP contribution < -0.4 is 0 Å². The van der Waals surface area contributed by atoms with E-state index in [4.69, 9.17) is 4.74 Å². The number of carbonyl (C=O) groups excluding carboxylic acids is 1. The van der Waals surface area contributed by atoms with Gasteiger partial charge in [0.05, 0.1) is 18.8 Å². The van der Waals surface area contributed by atoms with Crippen molar-refractivity contribution >= 4 is 5.97 Å². The van der Waals surface area contributed by atoms with Gasteiger partial charge in [0, 0.05) is 6.42 Å². The number of rotatable bonds is 6. The molecule has 4 rings (SSSR count). The largest absolute Gasteiger partial charge is 0.466 e. The molecule has 2 N–H and O–H groups in total. The van der Waals surface area contributed by atoms with Gasteiger partial charge in [0.15, 0.2) is 0 Å². The quantitative estimate of drug-likeness (QED) is 0.520. The van der Waals surface area contributed by atoms with E-state index in [2.05, 4.69) is 27.7 Å². The van der Waals surface area contributed by atoms with Gasteiger partial charge in [-0.1, -0.05) is 34.1 Å². The van der Waals surface area contributed by atoms with Crippen LogP contribution >= 0.6 is 0 Å². The second-order valence-corrected chi connectivity index (χ2v) is 12.4. The highest BCUT2D eigenvalue weighted by atomic mass is 16.5. The molecule has 0 radical (unpaired) electrons. The summed E-state index contributed by atoms with van der Waals surface area (Å²) in [6, 6.07) is 0. The van der Waals surface area contributed by atoms with Crippen molar-refractivity contribution in [2.24, 2.45) is 52.3 Å². The summed E-state index contributed by atoms with van der Waals surface area (Å²) in [4.78, 5) is 11.9. The Bertz CT molecular complexity index is 678. The van der Waals surface area contributed by atoms with Crippen LogP contribution in [0.3, 0.4) is 0 Å². The standard InChI is InChI=1S/C28H48O4/c1-6-19-23-16-18(29)12-14-28(23,5)22-13-15-27(4)20(9-10-21(27)25(22)26(19)31)17(3)8-11-24(30)32-7-2/h17-23,25-26,29,31H,6-16H2,1-5H3/t17-,18-,19-,20-,21?,22?,23?,25?,26-,27-,28-/m1/s1. The van der Waals surface area contributed by atoms with Crippen LogP contribution in [0.2, 0.25) is 0 Å². The maximum Gasteiger partial charge on any atom is 0.305 e. The topological polar surface area (TPSA) is 66.8 Å². The van der Waals surface area contributed by atoms with E-state index in [0.29, 0.717) is 54.5 Å². The molecule has 0 aromatic carbocycles. The molecule has 0 spiro atoms. The van der Waals surface area contributed by atoms with Gasteiger partial charge < -0.3 is 14.9 Å². The third-order valence-corrected chi connectivity index (χ3v) is 11.3. The molecule has 0 aliphatic heterocycles. The highest BCUT2D eigenvalue weighted by Crippen LogP contribution is 2.69. The molecule has 4 aliphatic carbocycles. The normalized spacial score (nSPS) is 49.0. The number of esters is 1. The van der Waals surface area contributed by atoms with Crippen molar-refractivity contribution in [3.63, 3.8) is 0 Å². The first-order chi connectivity index (χ1) is 15.2. The lowest BCUT2D eigenvalue weighted by Gasteiger charge is -2.64. The number of hydrogen-bond donors (Lipinski definition) is 2. The summed E-state index contributed by atoms with van der Waals surface area (Å²) >= 11 is 0. The van der Waals surface area contributed by atoms with Gasteiger partial charge in [0.25, 0.3) is 0 Å². The summed E-state index contributed by atoms with van der Waals surface area (Å²) in [7, 11) is 0. The second-order valence-electron chi connectivity index (χ2n) is 12.4. The number of hydrogen-bond acceptors (Lipinski definition) is 4. The fraction of sp³-hybridized carbons (Fsp3) is 0.964. The molecule has 4 nitrogen and oxygen atoms in total. The molecule has 0 aromatic rings. The third-order valence-electron chi connectivity index (χ3n) is 11.3. The minimum Gasteiger partial charge on any atom is -0.466 e. The molecule has 4 fully saturated rings. The fourth-order valence-electron chi connectivity index (χ4n) is 9.71. The Balaban J connectivity index is 1.55. The van der Waals surface area contributed by atoms with Crippen molar-refractivity contribution in [1.82, 2.24) is 0 Å². The minimum absolute atomic E-state index is 0.0605. The maximum absolute atomic E-state index is 11.9. The van der Waals surface area contributed by atoms with Crippen LogP contribution in [0.4, 0.5) is 0 Å². The summed E-state index contributed by atoms with van der Waals surface area (Å²) < 4.78 is 5.17. The Morgan fingerprint density at radius 1 is 1.00 bits per heavy atom. The number of ether oxygens (including phenoxy) is 1. The Morgan fingerprint density at radius 3 is 2.38 bits per heavy atom. The first-order valence-electron chi connectivity index (χ1n) is 13.7. The molecule has 4 saturated carbocycles. The van der Waals surface area contributed by atoms with Crippen LogP contribution in [0, 0.1) is 52.3 Å². The summed E-state index contributed by atoms with van der Waals surface area (Å²) in [6.45, 7) is 11.9. The predicted octanol–water partition coefficient (Wildman–Crippen LogP) is 5.59. The fourth-order valence-corrected chi connectivity index (χ4v) is 9.71. The molecule has 0 saturated heterocycles. The molecule has 184 valence electrons. The van der Waals surface area contributed by atoms with Crippen molar-refractivity contribution in [1.29, 1.82) is 0 Å². The Morgan fingerprint density at radius 2 is 1.69 bits per heavy atom. The van der Waals surface area contributed by atoms with Crippen LogP contribution in [0.15, 0.2) is 0 Å². The van der Waals surface area contributed by atoms with E-state index < -0.39 is 0 Å². The van der Waals surface area contributed by atoms with E-state index in [1.165, 1.54) is 25.7 Å². The van der Waals surface area contributed by atoms with Gasteiger partial charge in [0.1, 0.15) is 0 Å². The highest BCUT2D eigenvalue weighted by Gasteiger charge is 2.64. The minimum atomic E-state index is -0.230. The molecule has 4 unspecified atom stereocenters. The van der Waals surface area contributed by atoms with Gasteiger partial charge in [-0.2, -0.15) is 0 Å². The molecular formula is C28H48O4. The molecule has 32 heavy (non-hydrogen) atoms. The SMILES string of the molecule is CCOC(=O)CC[C@@H](C)[C@H]1CCC2C3C(CC[C@@]21C)[C@@]1(C)CC[C@@H](O)CC1[C@@H](CC)[C@H]3O. The van der Waals surface area contributed by atoms with Crippen LogP contribution in [-0.2, 0) is 9.53 Å². The molecule has 0 bridgehead atoms. The lowest BCUT2D eigenvalue weighted by atomic mass is 9.41. The van der Waals surface area contributed by atoms with E-state index >= 15 is 0 Å². The monoisotopic (exact) mass is 448 g/mol. The Hall–Kier alpha value is -0.610. The van der Waals surface area contributed by atoms with Crippen LogP contribution in [-0.4, -0.2) is 35.0 Å². The molecule has 11 atom stereocenters. The van der Waals surface area contributed by atoms with Gasteiger partial charge in [0.2, 0.25) is 0 Å². The molecule has 4 heteroatoms. The summed E-state index contributed by atoms with van der Waals surface area (Å²) in [5.41, 5.74) is 0.532. The van der Waals surface area contributed by atoms with Crippen LogP contribution in [0.5, 0.6) is 0 Å². The molecular weight excluding hydrogens is 400 g/mol. The van der Waals surface area contributed by atoms with E-state index in [9.17, 15) is 15.0 Å². The zero-order chi connectivity index (χ0) is 23.3. The smallest absolute Gasteiger partial charge is 0.305 e. The molecule has 0 heterocycles. The number of aliphatic hydroxyl groups excluding tert-OH is 2. The Labute approximate surface area is 195 Å². The molecule has 0 amide bonds. The van der Waals surface area contributed by atoms with Crippen LogP contribution in [0.25, 0.3) is 0 Å². The first-order valence-corrected chi connectivity index (χ1v) is 13.7. The first kappa shape index (κ1) is 24.5. The van der Waals surface area contributed by atoms with Crippen molar-refractivity contribution < 1.29 is 19.7 Å². The number of carbonyl (C=O) groups is 1. The zero-order valence-electron chi connectivity index (χ0n) is 21.2. The van der Waals surface area contributed by atoms with Crippen molar-refractivity contribution in [3.05, 3.63) is 0 Å². The van der Waals surface area contributed by atoms with Gasteiger partial charge in [-0.05, 0) is 111 Å². The summed E-state index contributed by atoms with van der Waals surface area (Å²) in [5.74, 6) is 3.44. The van der Waals surface area contributed by atoms with Gasteiger partial charge in [-0.15, -0.1) is 0 Å². The van der Waals surface area contributed by atoms with Gasteiger partial charge in [-0.3, -0.25) is 4.79 Å². The number of fused-ring (bicyclic) bond motifs is 5. The van der Waals surface area contributed by atoms with Crippen molar-refractivity contribution in [2.45, 2.75) is 111 Å². The van der Waals surface area contributed by atoms with E-state index in [-0.39, 0.29) is 29.0 Å². The summed E-state index contributed by atoms with van der Waals surface area (Å²) in [5, 5.41) is 22.2. The van der Waals surface area contributed by atoms with Crippen molar-refractivity contribution in [3.8, 4) is 0 Å². The van der Waals surface area contributed by atoms with Gasteiger partial charge in [-0.25, -0.2) is 0 Å². The lowest BCUT2D eigenvalue weighted by molar-refractivity contribution is -0.203. The highest BCUT2D eigenvalue weighted by molar-refractivity contribution is 5.69. The Kier molecular flexibility index (Phi) is 7.05. The molecule has 4 aliphatic rings. The molecule has 0 aromatic heterocycles. The number of aliphatic hydroxyl groups is 2. The predicted molar refractivity (Wildman–Crippen MR) is 127 cm³/mol. The zero-order valence-corrected chi connectivity index (χ0v) is 21.2. The summed E-state index contributed by atoms with van der Waals surface area (Å²) in [6.07, 6.45) is 9.90. The van der Waals surface area contributed by atoms with E-state index in [1.54, 1.807) is 0 Å². The van der Waals surface area contributed by atoms with E-state index in [1.807, 2.05) is 6.92 Å². The lowest BCUT2D eigenvalue weighted by Crippen LogP contribution is -2.62. The third kappa shape index (κ3) is 3.85.